The number of likely N-dealkylation sites (tertiary alicyclic amines) is 1. The number of hydrogen-bond acceptors (Lipinski definition) is 6. The van der Waals surface area contributed by atoms with Crippen LogP contribution in [0.5, 0.6) is 5.75 Å². The maximum atomic E-state index is 13.5. The van der Waals surface area contributed by atoms with Crippen LogP contribution in [0.15, 0.2) is 66.9 Å². The number of benzene rings is 1. The molecule has 9 nitrogen and oxygen atoms in total. The Morgan fingerprint density at radius 3 is 2.65 bits per heavy atom. The van der Waals surface area contributed by atoms with Crippen molar-refractivity contribution in [2.45, 2.75) is 53.1 Å². The molecular formula is C31H35N5O4. The number of Topliss-reactive ketones (excluding diaryl/α,β-unsaturated/α-hetero) is 1. The van der Waals surface area contributed by atoms with Gasteiger partial charge in [0.1, 0.15) is 17.1 Å². The van der Waals surface area contributed by atoms with E-state index in [1.54, 1.807) is 17.4 Å². The van der Waals surface area contributed by atoms with E-state index in [2.05, 4.69) is 23.8 Å². The van der Waals surface area contributed by atoms with Crippen LogP contribution in [0.25, 0.3) is 11.4 Å². The molecule has 40 heavy (non-hydrogen) atoms. The van der Waals surface area contributed by atoms with Gasteiger partial charge in [0.25, 0.3) is 11.7 Å². The molecule has 1 aliphatic heterocycles. The first-order valence-corrected chi connectivity index (χ1v) is 13.7. The topological polar surface area (TPSA) is 102 Å². The van der Waals surface area contributed by atoms with Crippen LogP contribution in [-0.4, -0.2) is 53.8 Å². The van der Waals surface area contributed by atoms with Gasteiger partial charge in [-0.3, -0.25) is 9.59 Å². The van der Waals surface area contributed by atoms with E-state index in [0.29, 0.717) is 60.4 Å². The Balaban J connectivity index is 1.56. The molecule has 0 radical (unpaired) electrons. The number of pyridine rings is 1. The Bertz CT molecular complexity index is 1570. The number of imidazole rings is 2. The summed E-state index contributed by atoms with van der Waals surface area (Å²) in [5, 5.41) is 11.6. The van der Waals surface area contributed by atoms with Crippen molar-refractivity contribution in [3.05, 3.63) is 89.4 Å². The van der Waals surface area contributed by atoms with E-state index in [1.165, 1.54) is 0 Å². The Kier molecular flexibility index (Phi) is 7.73. The zero-order chi connectivity index (χ0) is 28.4. The number of fused-ring (bicyclic) bond motifs is 1. The van der Waals surface area contributed by atoms with Gasteiger partial charge in [0.2, 0.25) is 0 Å². The Labute approximate surface area is 233 Å². The maximum absolute atomic E-state index is 13.5. The minimum Gasteiger partial charge on any atom is -0.505 e. The number of nitrogens with zero attached hydrogens (tertiary/aromatic N) is 5. The number of aliphatic hydroxyl groups is 1. The van der Waals surface area contributed by atoms with E-state index in [-0.39, 0.29) is 11.3 Å². The lowest BCUT2D eigenvalue weighted by Gasteiger charge is -2.25. The number of carbonyl (C=O) groups excluding carboxylic acids is 2. The number of ether oxygens (including phenoxy) is 1. The highest BCUT2D eigenvalue weighted by Crippen LogP contribution is 2.40. The first-order chi connectivity index (χ1) is 19.3. The number of rotatable bonds is 10. The maximum Gasteiger partial charge on any atom is 0.295 e. The monoisotopic (exact) mass is 541 g/mol. The van der Waals surface area contributed by atoms with Gasteiger partial charge >= 0.3 is 0 Å². The van der Waals surface area contributed by atoms with Gasteiger partial charge in [-0.05, 0) is 61.9 Å². The second kappa shape index (κ2) is 11.4. The summed E-state index contributed by atoms with van der Waals surface area (Å²) in [6.07, 6.45) is 8.66. The predicted octanol–water partition coefficient (Wildman–Crippen LogP) is 5.08. The molecule has 208 valence electrons. The van der Waals surface area contributed by atoms with Crippen LogP contribution >= 0.6 is 0 Å². The van der Waals surface area contributed by atoms with Crippen molar-refractivity contribution in [2.24, 2.45) is 5.92 Å². The van der Waals surface area contributed by atoms with Crippen LogP contribution in [0, 0.1) is 19.8 Å². The van der Waals surface area contributed by atoms with Gasteiger partial charge in [0.05, 0.1) is 30.2 Å². The molecule has 1 aliphatic rings. The first kappa shape index (κ1) is 27.2. The average Bonchev–Trinajstić information content (AvgIpc) is 3.63. The Morgan fingerprint density at radius 2 is 1.93 bits per heavy atom. The van der Waals surface area contributed by atoms with Crippen molar-refractivity contribution in [1.29, 1.82) is 0 Å². The van der Waals surface area contributed by atoms with E-state index < -0.39 is 17.7 Å². The van der Waals surface area contributed by atoms with Crippen molar-refractivity contribution in [2.75, 3.05) is 13.2 Å². The Morgan fingerprint density at radius 1 is 1.10 bits per heavy atom. The van der Waals surface area contributed by atoms with Crippen LogP contribution in [0.4, 0.5) is 0 Å². The molecule has 1 atom stereocenters. The molecular weight excluding hydrogens is 506 g/mol. The average molecular weight is 542 g/mol. The standard InChI is InChI=1S/C31H35N5O4/c1-20(2)11-17-40-24-10-5-9-23(18-24)27-25(28(37)26-22(4)35-14-6-8-21(3)30(35)33-26)29(38)31(39)36(27)15-7-13-34-16-12-32-19-34/h5-6,8-10,12,14,16,18-20,27,37H,7,11,13,15,17H2,1-4H3/b28-25+. The molecule has 1 saturated heterocycles. The fraction of sp³-hybridized carbons (Fsp3) is 0.355. The molecule has 4 heterocycles. The van der Waals surface area contributed by atoms with Crippen molar-refractivity contribution >= 4 is 23.1 Å². The summed E-state index contributed by atoms with van der Waals surface area (Å²) in [4.78, 5) is 37.3. The third kappa shape index (κ3) is 5.23. The van der Waals surface area contributed by atoms with E-state index in [1.807, 2.05) is 71.6 Å². The van der Waals surface area contributed by atoms with Crippen molar-refractivity contribution in [3.8, 4) is 5.75 Å². The first-order valence-electron chi connectivity index (χ1n) is 13.7. The highest BCUT2D eigenvalue weighted by molar-refractivity contribution is 6.46. The number of aromatic nitrogens is 4. The van der Waals surface area contributed by atoms with Gasteiger partial charge in [0, 0.05) is 31.7 Å². The molecule has 1 N–H and O–H groups in total. The summed E-state index contributed by atoms with van der Waals surface area (Å²) in [5.74, 6) is -0.470. The fourth-order valence-corrected chi connectivity index (χ4v) is 5.16. The van der Waals surface area contributed by atoms with Crippen LogP contribution < -0.4 is 4.74 Å². The lowest BCUT2D eigenvalue weighted by atomic mass is 9.96. The molecule has 5 rings (SSSR count). The highest BCUT2D eigenvalue weighted by Gasteiger charge is 2.46. The number of ketones is 1. The molecule has 1 aromatic carbocycles. The minimum atomic E-state index is -0.776. The molecule has 0 spiro atoms. The zero-order valence-electron chi connectivity index (χ0n) is 23.4. The van der Waals surface area contributed by atoms with E-state index in [0.717, 1.165) is 12.0 Å². The lowest BCUT2D eigenvalue weighted by Crippen LogP contribution is -2.31. The van der Waals surface area contributed by atoms with Gasteiger partial charge in [0.15, 0.2) is 5.76 Å². The summed E-state index contributed by atoms with van der Waals surface area (Å²) in [7, 11) is 0. The van der Waals surface area contributed by atoms with E-state index in [4.69, 9.17) is 4.74 Å². The summed E-state index contributed by atoms with van der Waals surface area (Å²) in [5.41, 5.74) is 3.34. The summed E-state index contributed by atoms with van der Waals surface area (Å²) >= 11 is 0. The molecule has 0 aliphatic carbocycles. The largest absolute Gasteiger partial charge is 0.505 e. The molecule has 0 bridgehead atoms. The third-order valence-corrected chi connectivity index (χ3v) is 7.36. The molecule has 4 aromatic rings. The molecule has 9 heteroatoms. The van der Waals surface area contributed by atoms with Gasteiger partial charge < -0.3 is 23.7 Å². The van der Waals surface area contributed by atoms with E-state index in [9.17, 15) is 14.7 Å². The lowest BCUT2D eigenvalue weighted by molar-refractivity contribution is -0.139. The summed E-state index contributed by atoms with van der Waals surface area (Å²) in [6.45, 7) is 9.58. The number of aryl methyl sites for hydroxylation is 3. The molecule has 0 saturated carbocycles. The Hall–Kier alpha value is -4.40. The number of amides is 1. The van der Waals surface area contributed by atoms with Crippen molar-refractivity contribution in [1.82, 2.24) is 23.8 Å². The molecule has 3 aromatic heterocycles. The van der Waals surface area contributed by atoms with Crippen LogP contribution in [0.3, 0.4) is 0 Å². The van der Waals surface area contributed by atoms with Crippen molar-refractivity contribution < 1.29 is 19.4 Å². The third-order valence-electron chi connectivity index (χ3n) is 7.36. The van der Waals surface area contributed by atoms with Gasteiger partial charge in [-0.25, -0.2) is 9.97 Å². The van der Waals surface area contributed by atoms with Gasteiger partial charge in [-0.15, -0.1) is 0 Å². The van der Waals surface area contributed by atoms with Gasteiger partial charge in [-0.2, -0.15) is 0 Å². The minimum absolute atomic E-state index is 0.0381. The molecule has 1 amide bonds. The predicted molar refractivity (Wildman–Crippen MR) is 152 cm³/mol. The normalized spacial score (nSPS) is 16.9. The number of carbonyl (C=O) groups is 2. The van der Waals surface area contributed by atoms with Crippen LogP contribution in [-0.2, 0) is 16.1 Å². The highest BCUT2D eigenvalue weighted by atomic mass is 16.5. The van der Waals surface area contributed by atoms with Crippen molar-refractivity contribution in [3.63, 3.8) is 0 Å². The van der Waals surface area contributed by atoms with E-state index >= 15 is 0 Å². The summed E-state index contributed by atoms with van der Waals surface area (Å²) < 4.78 is 9.80. The number of hydrogen-bond donors (Lipinski definition) is 1. The van der Waals surface area contributed by atoms with Crippen LogP contribution in [0.1, 0.15) is 55.2 Å². The number of aliphatic hydroxyl groups excluding tert-OH is 1. The quantitative estimate of drug-likeness (QED) is 0.171. The fourth-order valence-electron chi connectivity index (χ4n) is 5.16. The second-order valence-corrected chi connectivity index (χ2v) is 10.7. The summed E-state index contributed by atoms with van der Waals surface area (Å²) in [6, 6.07) is 10.5. The SMILES string of the molecule is Cc1cccn2c(C)c(/C(O)=C3\C(=O)C(=O)N(CCCn4ccnc4)C3c3cccc(OCCC(C)C)c3)nc12. The smallest absolute Gasteiger partial charge is 0.295 e. The second-order valence-electron chi connectivity index (χ2n) is 10.7. The van der Waals surface area contributed by atoms with Crippen LogP contribution in [0.2, 0.25) is 0 Å². The zero-order valence-corrected chi connectivity index (χ0v) is 23.4. The molecule has 1 fully saturated rings. The van der Waals surface area contributed by atoms with Gasteiger partial charge in [-0.1, -0.05) is 32.0 Å². The molecule has 1 unspecified atom stereocenters.